The SMILES string of the molecule is CSc1ccccc1CN1CCc2c(nc(C(C)C)[nH]c2=O)C1. The lowest BCUT2D eigenvalue weighted by Gasteiger charge is -2.28. The van der Waals surface area contributed by atoms with E-state index in [1.54, 1.807) is 11.8 Å². The molecule has 4 nitrogen and oxygen atoms in total. The van der Waals surface area contributed by atoms with Gasteiger partial charge >= 0.3 is 0 Å². The molecule has 3 rings (SSSR count). The molecule has 1 aliphatic rings. The van der Waals surface area contributed by atoms with Gasteiger partial charge in [0.05, 0.1) is 5.69 Å². The molecule has 0 saturated heterocycles. The molecule has 0 radical (unpaired) electrons. The van der Waals surface area contributed by atoms with Crippen molar-refractivity contribution in [2.45, 2.75) is 44.2 Å². The zero-order chi connectivity index (χ0) is 16.4. The largest absolute Gasteiger partial charge is 0.310 e. The highest BCUT2D eigenvalue weighted by atomic mass is 32.2. The third-order valence-electron chi connectivity index (χ3n) is 4.30. The van der Waals surface area contributed by atoms with Crippen LogP contribution in [0.1, 0.15) is 42.4 Å². The summed E-state index contributed by atoms with van der Waals surface area (Å²) in [4.78, 5) is 23.6. The average Bonchev–Trinajstić information content (AvgIpc) is 2.55. The van der Waals surface area contributed by atoms with Crippen LogP contribution >= 0.6 is 11.8 Å². The Labute approximate surface area is 141 Å². The van der Waals surface area contributed by atoms with Gasteiger partial charge in [0.1, 0.15) is 5.82 Å². The first-order valence-corrected chi connectivity index (χ1v) is 9.27. The number of nitrogens with zero attached hydrogens (tertiary/aromatic N) is 2. The number of H-pyrrole nitrogens is 1. The summed E-state index contributed by atoms with van der Waals surface area (Å²) in [5.41, 5.74) is 3.20. The Kier molecular flexibility index (Phi) is 4.87. The molecule has 122 valence electrons. The topological polar surface area (TPSA) is 49.0 Å². The van der Waals surface area contributed by atoms with E-state index < -0.39 is 0 Å². The summed E-state index contributed by atoms with van der Waals surface area (Å²) >= 11 is 1.78. The summed E-state index contributed by atoms with van der Waals surface area (Å²) in [6.45, 7) is 6.67. The van der Waals surface area contributed by atoms with Crippen LogP contribution in [0.4, 0.5) is 0 Å². The van der Waals surface area contributed by atoms with Gasteiger partial charge in [0, 0.05) is 36.0 Å². The molecule has 0 saturated carbocycles. The normalized spacial score (nSPS) is 15.0. The molecule has 1 N–H and O–H groups in total. The molecule has 1 aromatic carbocycles. The van der Waals surface area contributed by atoms with Crippen LogP contribution in [0.15, 0.2) is 34.0 Å². The Hall–Kier alpha value is -1.59. The standard InChI is InChI=1S/C18H23N3OS/c1-12(2)17-19-15-11-21(9-8-14(15)18(22)20-17)10-13-6-4-5-7-16(13)23-3/h4-7,12H,8-11H2,1-3H3,(H,19,20,22). The second-order valence-electron chi connectivity index (χ2n) is 6.30. The van der Waals surface area contributed by atoms with E-state index >= 15 is 0 Å². The molecule has 0 bridgehead atoms. The smallest absolute Gasteiger partial charge is 0.254 e. The van der Waals surface area contributed by atoms with Crippen LogP contribution in [0.25, 0.3) is 0 Å². The van der Waals surface area contributed by atoms with Crippen LogP contribution in [0.3, 0.4) is 0 Å². The van der Waals surface area contributed by atoms with Gasteiger partial charge in [-0.05, 0) is 24.3 Å². The number of hydrogen-bond acceptors (Lipinski definition) is 4. The zero-order valence-electron chi connectivity index (χ0n) is 13.9. The van der Waals surface area contributed by atoms with E-state index in [0.29, 0.717) is 0 Å². The van der Waals surface area contributed by atoms with Crippen molar-refractivity contribution in [2.75, 3.05) is 12.8 Å². The molecule has 0 atom stereocenters. The van der Waals surface area contributed by atoms with E-state index in [0.717, 1.165) is 43.1 Å². The third-order valence-corrected chi connectivity index (χ3v) is 5.14. The molecule has 0 fully saturated rings. The Morgan fingerprint density at radius 1 is 1.35 bits per heavy atom. The first kappa shape index (κ1) is 16.3. The van der Waals surface area contributed by atoms with E-state index in [1.165, 1.54) is 10.5 Å². The monoisotopic (exact) mass is 329 g/mol. The van der Waals surface area contributed by atoms with Crippen LogP contribution in [0.2, 0.25) is 0 Å². The minimum atomic E-state index is 0.0443. The summed E-state index contributed by atoms with van der Waals surface area (Å²) in [5.74, 6) is 1.03. The van der Waals surface area contributed by atoms with Crippen LogP contribution in [-0.2, 0) is 19.5 Å². The highest BCUT2D eigenvalue weighted by Crippen LogP contribution is 2.24. The predicted octanol–water partition coefficient (Wildman–Crippen LogP) is 3.17. The van der Waals surface area contributed by atoms with Crippen LogP contribution < -0.4 is 5.56 Å². The van der Waals surface area contributed by atoms with Gasteiger partial charge in [-0.15, -0.1) is 11.8 Å². The average molecular weight is 329 g/mol. The fourth-order valence-corrected chi connectivity index (χ4v) is 3.61. The van der Waals surface area contributed by atoms with Crippen molar-refractivity contribution in [3.63, 3.8) is 0 Å². The van der Waals surface area contributed by atoms with Gasteiger partial charge in [0.15, 0.2) is 0 Å². The summed E-state index contributed by atoms with van der Waals surface area (Å²) < 4.78 is 0. The maximum atomic E-state index is 12.2. The van der Waals surface area contributed by atoms with Crippen molar-refractivity contribution in [2.24, 2.45) is 0 Å². The highest BCUT2D eigenvalue weighted by molar-refractivity contribution is 7.98. The Morgan fingerprint density at radius 2 is 2.13 bits per heavy atom. The second-order valence-corrected chi connectivity index (χ2v) is 7.15. The Morgan fingerprint density at radius 3 is 2.87 bits per heavy atom. The number of aromatic amines is 1. The van der Waals surface area contributed by atoms with Gasteiger partial charge < -0.3 is 4.98 Å². The lowest BCUT2D eigenvalue weighted by molar-refractivity contribution is 0.238. The molecule has 5 heteroatoms. The Bertz CT molecular complexity index is 754. The molecular formula is C18H23N3OS. The lowest BCUT2D eigenvalue weighted by Crippen LogP contribution is -2.35. The maximum absolute atomic E-state index is 12.2. The van der Waals surface area contributed by atoms with Crippen LogP contribution in [0, 0.1) is 0 Å². The number of hydrogen-bond donors (Lipinski definition) is 1. The van der Waals surface area contributed by atoms with Gasteiger partial charge in [0.2, 0.25) is 0 Å². The zero-order valence-corrected chi connectivity index (χ0v) is 14.7. The summed E-state index contributed by atoms with van der Waals surface area (Å²) in [7, 11) is 0. The summed E-state index contributed by atoms with van der Waals surface area (Å²) in [6, 6.07) is 8.52. The fraction of sp³-hybridized carbons (Fsp3) is 0.444. The lowest BCUT2D eigenvalue weighted by atomic mass is 10.0. The molecule has 1 aromatic heterocycles. The van der Waals surface area contributed by atoms with Gasteiger partial charge in [0.25, 0.3) is 5.56 Å². The molecule has 1 aliphatic heterocycles. The molecular weight excluding hydrogens is 306 g/mol. The van der Waals surface area contributed by atoms with Gasteiger partial charge in [-0.1, -0.05) is 32.0 Å². The molecule has 0 aliphatic carbocycles. The van der Waals surface area contributed by atoms with E-state index in [-0.39, 0.29) is 11.5 Å². The number of fused-ring (bicyclic) bond motifs is 1. The van der Waals surface area contributed by atoms with E-state index in [2.05, 4.69) is 54.3 Å². The van der Waals surface area contributed by atoms with Crippen molar-refractivity contribution in [3.8, 4) is 0 Å². The summed E-state index contributed by atoms with van der Waals surface area (Å²) in [6.07, 6.45) is 2.89. The third kappa shape index (κ3) is 3.51. The van der Waals surface area contributed by atoms with Crippen molar-refractivity contribution in [1.82, 2.24) is 14.9 Å². The quantitative estimate of drug-likeness (QED) is 0.875. The highest BCUT2D eigenvalue weighted by Gasteiger charge is 2.22. The van der Waals surface area contributed by atoms with Crippen molar-refractivity contribution >= 4 is 11.8 Å². The minimum Gasteiger partial charge on any atom is -0.310 e. The van der Waals surface area contributed by atoms with E-state index in [4.69, 9.17) is 4.98 Å². The first-order valence-electron chi connectivity index (χ1n) is 8.04. The first-order chi connectivity index (χ1) is 11.1. The molecule has 0 spiro atoms. The van der Waals surface area contributed by atoms with E-state index in [9.17, 15) is 4.79 Å². The fourth-order valence-electron chi connectivity index (χ4n) is 3.00. The molecule has 2 aromatic rings. The van der Waals surface area contributed by atoms with Gasteiger partial charge in [-0.3, -0.25) is 9.69 Å². The van der Waals surface area contributed by atoms with E-state index in [1.807, 2.05) is 0 Å². The number of rotatable bonds is 4. The molecule has 0 amide bonds. The van der Waals surface area contributed by atoms with Crippen molar-refractivity contribution < 1.29 is 0 Å². The number of thioether (sulfide) groups is 1. The summed E-state index contributed by atoms with van der Waals surface area (Å²) in [5, 5.41) is 0. The maximum Gasteiger partial charge on any atom is 0.254 e. The minimum absolute atomic E-state index is 0.0443. The molecule has 23 heavy (non-hydrogen) atoms. The Balaban J connectivity index is 1.83. The van der Waals surface area contributed by atoms with Crippen molar-refractivity contribution in [1.29, 1.82) is 0 Å². The number of benzene rings is 1. The molecule has 2 heterocycles. The van der Waals surface area contributed by atoms with Gasteiger partial charge in [-0.25, -0.2) is 4.98 Å². The number of nitrogens with one attached hydrogen (secondary N) is 1. The number of aromatic nitrogens is 2. The second kappa shape index (κ2) is 6.89. The predicted molar refractivity (Wildman–Crippen MR) is 95.0 cm³/mol. The van der Waals surface area contributed by atoms with Crippen LogP contribution in [0.5, 0.6) is 0 Å². The van der Waals surface area contributed by atoms with Gasteiger partial charge in [-0.2, -0.15) is 0 Å². The van der Waals surface area contributed by atoms with Crippen LogP contribution in [-0.4, -0.2) is 27.7 Å². The molecule has 0 unspecified atom stereocenters. The van der Waals surface area contributed by atoms with Crippen molar-refractivity contribution in [3.05, 3.63) is 57.3 Å².